The van der Waals surface area contributed by atoms with Crippen LogP contribution in [0.15, 0.2) is 29.6 Å². The van der Waals surface area contributed by atoms with Crippen molar-refractivity contribution in [3.63, 3.8) is 0 Å². The molecule has 0 aliphatic carbocycles. The molecule has 0 aliphatic rings. The maximum absolute atomic E-state index is 5.88. The van der Waals surface area contributed by atoms with E-state index in [0.29, 0.717) is 0 Å². The number of nitrogens with one attached hydrogen (secondary N) is 1. The molecule has 0 aliphatic heterocycles. The first-order valence-corrected chi connectivity index (χ1v) is 6.67. The maximum atomic E-state index is 5.88. The molecule has 2 rings (SSSR count). The van der Waals surface area contributed by atoms with E-state index < -0.39 is 0 Å². The molecule has 0 saturated carbocycles. The Labute approximate surface area is 115 Å². The minimum absolute atomic E-state index is 0.730. The second-order valence-corrected chi connectivity index (χ2v) is 5.12. The van der Waals surface area contributed by atoms with E-state index in [4.69, 9.17) is 21.1 Å². The maximum Gasteiger partial charge on any atom is 0.124 e. The number of anilines is 1. The first-order valence-electron chi connectivity index (χ1n) is 5.41. The molecule has 1 aromatic heterocycles. The predicted octanol–water partition coefficient (Wildman–Crippen LogP) is 4.03. The van der Waals surface area contributed by atoms with Crippen molar-refractivity contribution < 1.29 is 9.47 Å². The molecule has 96 valence electrons. The summed E-state index contributed by atoms with van der Waals surface area (Å²) in [5.74, 6) is 1.53. The molecule has 0 fully saturated rings. The second-order valence-electron chi connectivity index (χ2n) is 3.69. The van der Waals surface area contributed by atoms with Gasteiger partial charge in [0.2, 0.25) is 0 Å². The van der Waals surface area contributed by atoms with E-state index in [1.54, 1.807) is 25.6 Å². The summed E-state index contributed by atoms with van der Waals surface area (Å²) in [6.07, 6.45) is 0. The summed E-state index contributed by atoms with van der Waals surface area (Å²) in [5, 5.41) is 6.01. The van der Waals surface area contributed by atoms with Gasteiger partial charge in [0.1, 0.15) is 11.5 Å². The normalized spacial score (nSPS) is 10.2. The second kappa shape index (κ2) is 5.98. The Morgan fingerprint density at radius 3 is 2.28 bits per heavy atom. The van der Waals surface area contributed by atoms with Gasteiger partial charge in [0, 0.05) is 40.7 Å². The number of halogens is 1. The highest BCUT2D eigenvalue weighted by Gasteiger charge is 2.03. The third kappa shape index (κ3) is 3.31. The summed E-state index contributed by atoms with van der Waals surface area (Å²) in [6, 6.07) is 7.65. The smallest absolute Gasteiger partial charge is 0.124 e. The molecule has 0 unspecified atom stereocenters. The topological polar surface area (TPSA) is 30.5 Å². The van der Waals surface area contributed by atoms with Crippen molar-refractivity contribution in [1.82, 2.24) is 0 Å². The van der Waals surface area contributed by atoms with Crippen LogP contribution in [0.5, 0.6) is 11.5 Å². The van der Waals surface area contributed by atoms with E-state index in [1.165, 1.54) is 4.88 Å². The number of benzene rings is 1. The number of hydrogen-bond donors (Lipinski definition) is 1. The van der Waals surface area contributed by atoms with E-state index in [9.17, 15) is 0 Å². The van der Waals surface area contributed by atoms with E-state index >= 15 is 0 Å². The average Bonchev–Trinajstić information content (AvgIpc) is 2.81. The number of hydrogen-bond acceptors (Lipinski definition) is 4. The number of ether oxygens (including phenoxy) is 2. The van der Waals surface area contributed by atoms with Crippen LogP contribution in [-0.2, 0) is 6.54 Å². The Bertz CT molecular complexity index is 505. The molecule has 0 spiro atoms. The Balaban J connectivity index is 2.08. The van der Waals surface area contributed by atoms with Crippen LogP contribution in [0.3, 0.4) is 0 Å². The SMILES string of the molecule is COc1cc(NCc2cc(Cl)cs2)cc(OC)c1. The van der Waals surface area contributed by atoms with Crippen molar-refractivity contribution >= 4 is 28.6 Å². The highest BCUT2D eigenvalue weighted by molar-refractivity contribution is 7.10. The van der Waals surface area contributed by atoms with Gasteiger partial charge in [-0.2, -0.15) is 0 Å². The highest BCUT2D eigenvalue weighted by Crippen LogP contribution is 2.27. The molecule has 0 radical (unpaired) electrons. The van der Waals surface area contributed by atoms with Gasteiger partial charge in [0.05, 0.1) is 19.2 Å². The van der Waals surface area contributed by atoms with Gasteiger partial charge in [-0.25, -0.2) is 0 Å². The lowest BCUT2D eigenvalue weighted by Gasteiger charge is -2.09. The summed E-state index contributed by atoms with van der Waals surface area (Å²) in [7, 11) is 3.27. The van der Waals surface area contributed by atoms with E-state index in [0.717, 1.165) is 28.8 Å². The summed E-state index contributed by atoms with van der Waals surface area (Å²) < 4.78 is 10.4. The summed E-state index contributed by atoms with van der Waals surface area (Å²) in [4.78, 5) is 1.18. The number of methoxy groups -OCH3 is 2. The van der Waals surface area contributed by atoms with Crippen LogP contribution in [0, 0.1) is 0 Å². The lowest BCUT2D eigenvalue weighted by molar-refractivity contribution is 0.394. The monoisotopic (exact) mass is 283 g/mol. The third-order valence-corrected chi connectivity index (χ3v) is 3.72. The standard InChI is InChI=1S/C13H14ClNO2S/c1-16-11-4-10(5-12(6-11)17-2)15-7-13-3-9(14)8-18-13/h3-6,8,15H,7H2,1-2H3. The fraction of sp³-hybridized carbons (Fsp3) is 0.231. The molecule has 0 amide bonds. The molecule has 1 aromatic carbocycles. The van der Waals surface area contributed by atoms with Crippen LogP contribution in [-0.4, -0.2) is 14.2 Å². The van der Waals surface area contributed by atoms with E-state index in [1.807, 2.05) is 29.6 Å². The molecular weight excluding hydrogens is 270 g/mol. The Kier molecular flexibility index (Phi) is 4.33. The lowest BCUT2D eigenvalue weighted by atomic mass is 10.2. The number of thiophene rings is 1. The molecule has 18 heavy (non-hydrogen) atoms. The molecule has 0 saturated heterocycles. The van der Waals surface area contributed by atoms with Crippen LogP contribution in [0.25, 0.3) is 0 Å². The van der Waals surface area contributed by atoms with Crippen molar-refractivity contribution in [3.05, 3.63) is 39.5 Å². The Hall–Kier alpha value is -1.39. The van der Waals surface area contributed by atoms with Crippen molar-refractivity contribution in [2.75, 3.05) is 19.5 Å². The van der Waals surface area contributed by atoms with E-state index in [2.05, 4.69) is 5.32 Å². The largest absolute Gasteiger partial charge is 0.497 e. The first-order chi connectivity index (χ1) is 8.71. The molecule has 0 bridgehead atoms. The minimum Gasteiger partial charge on any atom is -0.497 e. The fourth-order valence-corrected chi connectivity index (χ4v) is 2.56. The predicted molar refractivity (Wildman–Crippen MR) is 76.2 cm³/mol. The van der Waals surface area contributed by atoms with Gasteiger partial charge >= 0.3 is 0 Å². The van der Waals surface area contributed by atoms with Gasteiger partial charge in [-0.15, -0.1) is 11.3 Å². The van der Waals surface area contributed by atoms with Gasteiger partial charge < -0.3 is 14.8 Å². The summed E-state index contributed by atoms with van der Waals surface area (Å²) in [6.45, 7) is 0.730. The fourth-order valence-electron chi connectivity index (χ4n) is 1.55. The van der Waals surface area contributed by atoms with Crippen LogP contribution in [0.1, 0.15) is 4.88 Å². The summed E-state index contributed by atoms with van der Waals surface area (Å²) in [5.41, 5.74) is 0.954. The van der Waals surface area contributed by atoms with Crippen molar-refractivity contribution in [3.8, 4) is 11.5 Å². The zero-order valence-corrected chi connectivity index (χ0v) is 11.8. The van der Waals surface area contributed by atoms with Crippen molar-refractivity contribution in [1.29, 1.82) is 0 Å². The van der Waals surface area contributed by atoms with Crippen molar-refractivity contribution in [2.24, 2.45) is 0 Å². The zero-order valence-electron chi connectivity index (χ0n) is 10.2. The van der Waals surface area contributed by atoms with Gasteiger partial charge in [0.25, 0.3) is 0 Å². The zero-order chi connectivity index (χ0) is 13.0. The summed E-state index contributed by atoms with van der Waals surface area (Å²) >= 11 is 7.51. The van der Waals surface area contributed by atoms with Crippen molar-refractivity contribution in [2.45, 2.75) is 6.54 Å². The Morgan fingerprint density at radius 2 is 1.78 bits per heavy atom. The molecule has 1 heterocycles. The molecule has 2 aromatic rings. The van der Waals surface area contributed by atoms with Gasteiger partial charge in [0.15, 0.2) is 0 Å². The molecule has 0 atom stereocenters. The van der Waals surface area contributed by atoms with Crippen LogP contribution in [0.4, 0.5) is 5.69 Å². The average molecular weight is 284 g/mol. The molecular formula is C13H14ClNO2S. The number of rotatable bonds is 5. The highest BCUT2D eigenvalue weighted by atomic mass is 35.5. The molecule has 1 N–H and O–H groups in total. The Morgan fingerprint density at radius 1 is 1.11 bits per heavy atom. The molecule has 3 nitrogen and oxygen atoms in total. The molecule has 5 heteroatoms. The van der Waals surface area contributed by atoms with Gasteiger partial charge in [-0.3, -0.25) is 0 Å². The third-order valence-electron chi connectivity index (χ3n) is 2.44. The van der Waals surface area contributed by atoms with Crippen LogP contribution >= 0.6 is 22.9 Å². The van der Waals surface area contributed by atoms with Crippen LogP contribution in [0.2, 0.25) is 5.02 Å². The quantitative estimate of drug-likeness (QED) is 0.899. The first kappa shape index (κ1) is 13.1. The van der Waals surface area contributed by atoms with Gasteiger partial charge in [-0.05, 0) is 6.07 Å². The lowest BCUT2D eigenvalue weighted by Crippen LogP contribution is -1.98. The van der Waals surface area contributed by atoms with E-state index in [-0.39, 0.29) is 0 Å². The minimum atomic E-state index is 0.730. The van der Waals surface area contributed by atoms with Gasteiger partial charge in [-0.1, -0.05) is 11.6 Å². The van der Waals surface area contributed by atoms with Crippen LogP contribution < -0.4 is 14.8 Å².